The van der Waals surface area contributed by atoms with Crippen molar-refractivity contribution < 1.29 is 4.79 Å². The van der Waals surface area contributed by atoms with E-state index in [0.717, 1.165) is 31.2 Å². The summed E-state index contributed by atoms with van der Waals surface area (Å²) in [6.45, 7) is 4.50. The number of fused-ring (bicyclic) bond motifs is 1. The average Bonchev–Trinajstić information content (AvgIpc) is 2.99. The van der Waals surface area contributed by atoms with Gasteiger partial charge in [0.15, 0.2) is 0 Å². The second kappa shape index (κ2) is 8.28. The second-order valence-electron chi connectivity index (χ2n) is 7.49. The molecule has 1 aliphatic carbocycles. The molecule has 152 valence electrons. The number of pyridine rings is 1. The normalized spacial score (nSPS) is 19.5. The molecule has 29 heavy (non-hydrogen) atoms. The van der Waals surface area contributed by atoms with E-state index in [4.69, 9.17) is 12.2 Å². The summed E-state index contributed by atoms with van der Waals surface area (Å²) in [4.78, 5) is 33.2. The number of amides is 1. The van der Waals surface area contributed by atoms with E-state index in [2.05, 4.69) is 10.3 Å². The Bertz CT molecular complexity index is 1070. The van der Waals surface area contributed by atoms with Gasteiger partial charge in [-0.1, -0.05) is 49.3 Å². The number of anilines is 1. The quantitative estimate of drug-likeness (QED) is 0.587. The Hall–Kier alpha value is -2.19. The molecule has 4 rings (SSSR count). The van der Waals surface area contributed by atoms with E-state index in [9.17, 15) is 9.59 Å². The van der Waals surface area contributed by atoms with E-state index >= 15 is 0 Å². The maximum atomic E-state index is 13.2. The number of carbonyl (C=O) groups is 1. The molecule has 0 aromatic carbocycles. The molecular weight excluding hydrogens is 404 g/mol. The van der Waals surface area contributed by atoms with Gasteiger partial charge in [0.2, 0.25) is 0 Å². The molecule has 1 aliphatic heterocycles. The molecule has 1 amide bonds. The molecule has 0 radical (unpaired) electrons. The molecule has 2 aliphatic rings. The van der Waals surface area contributed by atoms with Gasteiger partial charge in [-0.2, -0.15) is 0 Å². The summed E-state index contributed by atoms with van der Waals surface area (Å²) in [6, 6.07) is 3.92. The lowest BCUT2D eigenvalue weighted by atomic mass is 9.94. The van der Waals surface area contributed by atoms with Gasteiger partial charge in [0.1, 0.15) is 15.8 Å². The molecule has 2 fully saturated rings. The topological polar surface area (TPSA) is 66.7 Å². The molecule has 0 atom stereocenters. The Morgan fingerprint density at radius 2 is 2.03 bits per heavy atom. The van der Waals surface area contributed by atoms with E-state index in [1.807, 2.05) is 26.0 Å². The fourth-order valence-electron chi connectivity index (χ4n) is 3.96. The first-order valence-corrected chi connectivity index (χ1v) is 11.3. The zero-order valence-electron chi connectivity index (χ0n) is 16.6. The SMILES string of the molecule is CCNc1nc2ccc(C)cn2c(=O)c1C=C1SC(=S)N(C2CCCCC2)C1=O. The van der Waals surface area contributed by atoms with Gasteiger partial charge in [-0.25, -0.2) is 4.98 Å². The lowest BCUT2D eigenvalue weighted by Crippen LogP contribution is -2.39. The van der Waals surface area contributed by atoms with Crippen molar-refractivity contribution in [2.45, 2.75) is 52.0 Å². The molecule has 2 aromatic heterocycles. The Balaban J connectivity index is 1.78. The minimum Gasteiger partial charge on any atom is -0.370 e. The van der Waals surface area contributed by atoms with Crippen molar-refractivity contribution >= 4 is 51.7 Å². The number of aryl methyl sites for hydroxylation is 1. The van der Waals surface area contributed by atoms with Crippen LogP contribution in [0.25, 0.3) is 11.7 Å². The lowest BCUT2D eigenvalue weighted by Gasteiger charge is -2.29. The number of rotatable bonds is 4. The standard InChI is InChI=1S/C21H24N4O2S2/c1-3-22-18-15(19(26)24-12-13(2)9-10-17(24)23-18)11-16-20(27)25(21(28)29-16)14-7-5-4-6-8-14/h9-12,14,22H,3-8H2,1-2H3. The maximum Gasteiger partial charge on any atom is 0.267 e. The predicted molar refractivity (Wildman–Crippen MR) is 122 cm³/mol. The Morgan fingerprint density at radius 1 is 1.28 bits per heavy atom. The molecule has 6 nitrogen and oxygen atoms in total. The Labute approximate surface area is 179 Å². The van der Waals surface area contributed by atoms with Crippen LogP contribution in [-0.2, 0) is 4.79 Å². The smallest absolute Gasteiger partial charge is 0.267 e. The summed E-state index contributed by atoms with van der Waals surface area (Å²) in [5.74, 6) is 0.396. The summed E-state index contributed by atoms with van der Waals surface area (Å²) in [7, 11) is 0. The van der Waals surface area contributed by atoms with E-state index in [1.54, 1.807) is 17.2 Å². The van der Waals surface area contributed by atoms with Gasteiger partial charge < -0.3 is 5.32 Å². The van der Waals surface area contributed by atoms with Crippen molar-refractivity contribution in [1.82, 2.24) is 14.3 Å². The molecule has 0 unspecified atom stereocenters. The van der Waals surface area contributed by atoms with Crippen LogP contribution in [0.2, 0.25) is 0 Å². The highest BCUT2D eigenvalue weighted by Gasteiger charge is 2.37. The lowest BCUT2D eigenvalue weighted by molar-refractivity contribution is -0.124. The molecule has 1 N–H and O–H groups in total. The van der Waals surface area contributed by atoms with Gasteiger partial charge in [0.25, 0.3) is 11.5 Å². The molecule has 1 saturated heterocycles. The summed E-state index contributed by atoms with van der Waals surface area (Å²) in [5, 5.41) is 3.16. The Kier molecular flexibility index (Phi) is 5.74. The van der Waals surface area contributed by atoms with E-state index < -0.39 is 0 Å². The summed E-state index contributed by atoms with van der Waals surface area (Å²) in [6.07, 6.45) is 8.87. The number of hydrogen-bond donors (Lipinski definition) is 1. The average molecular weight is 429 g/mol. The first kappa shape index (κ1) is 20.1. The molecule has 3 heterocycles. The van der Waals surface area contributed by atoms with Gasteiger partial charge in [-0.3, -0.25) is 18.9 Å². The van der Waals surface area contributed by atoms with E-state index in [1.165, 1.54) is 22.6 Å². The third-order valence-corrected chi connectivity index (χ3v) is 6.72. The number of thiocarbonyl (C=S) groups is 1. The van der Waals surface area contributed by atoms with Crippen LogP contribution in [0, 0.1) is 6.92 Å². The van der Waals surface area contributed by atoms with Gasteiger partial charge in [0.05, 0.1) is 10.5 Å². The highest BCUT2D eigenvalue weighted by atomic mass is 32.2. The second-order valence-corrected chi connectivity index (χ2v) is 9.16. The van der Waals surface area contributed by atoms with E-state index in [0.29, 0.717) is 32.8 Å². The van der Waals surface area contributed by atoms with Crippen molar-refractivity contribution in [2.75, 3.05) is 11.9 Å². The minimum atomic E-state index is -0.197. The van der Waals surface area contributed by atoms with Crippen molar-refractivity contribution in [3.8, 4) is 0 Å². The number of nitrogens with one attached hydrogen (secondary N) is 1. The summed E-state index contributed by atoms with van der Waals surface area (Å²) >= 11 is 6.79. The van der Waals surface area contributed by atoms with Gasteiger partial charge in [-0.05, 0) is 44.4 Å². The van der Waals surface area contributed by atoms with E-state index in [-0.39, 0.29) is 17.5 Å². The summed E-state index contributed by atoms with van der Waals surface area (Å²) in [5.41, 5.74) is 1.73. The van der Waals surface area contributed by atoms with Crippen LogP contribution in [0.15, 0.2) is 28.0 Å². The van der Waals surface area contributed by atoms with Crippen LogP contribution in [-0.4, -0.2) is 37.1 Å². The third kappa shape index (κ3) is 3.83. The first-order chi connectivity index (χ1) is 14.0. The van der Waals surface area contributed by atoms with Crippen molar-refractivity contribution in [2.24, 2.45) is 0 Å². The highest BCUT2D eigenvalue weighted by molar-refractivity contribution is 8.26. The minimum absolute atomic E-state index is 0.0944. The number of carbonyl (C=O) groups excluding carboxylic acids is 1. The number of thioether (sulfide) groups is 1. The Morgan fingerprint density at radius 3 is 2.76 bits per heavy atom. The van der Waals surface area contributed by atoms with Crippen LogP contribution >= 0.6 is 24.0 Å². The monoisotopic (exact) mass is 428 g/mol. The number of hydrogen-bond acceptors (Lipinski definition) is 6. The zero-order valence-corrected chi connectivity index (χ0v) is 18.2. The number of nitrogens with zero attached hydrogens (tertiary/aromatic N) is 3. The van der Waals surface area contributed by atoms with Crippen LogP contribution in [0.3, 0.4) is 0 Å². The maximum absolute atomic E-state index is 13.2. The fourth-order valence-corrected chi connectivity index (χ4v) is 5.34. The van der Waals surface area contributed by atoms with Crippen LogP contribution < -0.4 is 10.9 Å². The van der Waals surface area contributed by atoms with Gasteiger partial charge >= 0.3 is 0 Å². The molecule has 0 bridgehead atoms. The highest BCUT2D eigenvalue weighted by Crippen LogP contribution is 2.37. The van der Waals surface area contributed by atoms with Gasteiger partial charge in [-0.15, -0.1) is 0 Å². The molecular formula is C21H24N4O2S2. The van der Waals surface area contributed by atoms with Crippen LogP contribution in [0.1, 0.15) is 50.2 Å². The van der Waals surface area contributed by atoms with Crippen LogP contribution in [0.4, 0.5) is 5.82 Å². The van der Waals surface area contributed by atoms with Crippen molar-refractivity contribution in [3.05, 3.63) is 44.7 Å². The predicted octanol–water partition coefficient (Wildman–Crippen LogP) is 3.97. The summed E-state index contributed by atoms with van der Waals surface area (Å²) < 4.78 is 2.12. The first-order valence-electron chi connectivity index (χ1n) is 10.0. The number of aromatic nitrogens is 2. The molecule has 0 spiro atoms. The van der Waals surface area contributed by atoms with Crippen molar-refractivity contribution in [1.29, 1.82) is 0 Å². The molecule has 1 saturated carbocycles. The molecule has 2 aromatic rings. The zero-order chi connectivity index (χ0) is 20.5. The third-order valence-electron chi connectivity index (χ3n) is 5.39. The molecule has 8 heteroatoms. The van der Waals surface area contributed by atoms with Crippen molar-refractivity contribution in [3.63, 3.8) is 0 Å². The fraction of sp³-hybridized carbons (Fsp3) is 0.429. The largest absolute Gasteiger partial charge is 0.370 e. The van der Waals surface area contributed by atoms with Crippen LogP contribution in [0.5, 0.6) is 0 Å². The van der Waals surface area contributed by atoms with Gasteiger partial charge in [0, 0.05) is 18.8 Å².